The molecular weight excluding hydrogens is 392 g/mol. The van der Waals surface area contributed by atoms with E-state index in [2.05, 4.69) is 12.2 Å². The van der Waals surface area contributed by atoms with Gasteiger partial charge in [0, 0.05) is 17.2 Å². The zero-order valence-corrected chi connectivity index (χ0v) is 18.4. The van der Waals surface area contributed by atoms with Gasteiger partial charge in [0.1, 0.15) is 17.5 Å². The van der Waals surface area contributed by atoms with Crippen LogP contribution < -0.4 is 14.8 Å². The first kappa shape index (κ1) is 21.2. The SMILES string of the molecule is COc1ccc(OC)c(CN2C(=O)c3ccccc3[C@H]2C(=O)NC2CCC(C)CC2)c1. The fourth-order valence-electron chi connectivity index (χ4n) is 4.69. The van der Waals surface area contributed by atoms with Crippen LogP contribution in [0, 0.1) is 5.92 Å². The van der Waals surface area contributed by atoms with Gasteiger partial charge in [-0.3, -0.25) is 9.59 Å². The maximum Gasteiger partial charge on any atom is 0.255 e. The summed E-state index contributed by atoms with van der Waals surface area (Å²) in [5.74, 6) is 1.79. The Balaban J connectivity index is 1.63. The van der Waals surface area contributed by atoms with E-state index in [4.69, 9.17) is 9.47 Å². The number of nitrogens with one attached hydrogen (secondary N) is 1. The molecule has 2 aromatic carbocycles. The number of methoxy groups -OCH3 is 2. The summed E-state index contributed by atoms with van der Waals surface area (Å²) >= 11 is 0. The molecule has 2 aromatic rings. The maximum atomic E-state index is 13.4. The van der Waals surface area contributed by atoms with E-state index in [1.807, 2.05) is 36.4 Å². The third-order valence-electron chi connectivity index (χ3n) is 6.50. The molecule has 2 aliphatic rings. The normalized spacial score (nSPS) is 22.7. The first-order valence-electron chi connectivity index (χ1n) is 10.9. The summed E-state index contributed by atoms with van der Waals surface area (Å²) in [6.45, 7) is 2.51. The second-order valence-corrected chi connectivity index (χ2v) is 8.57. The molecule has 1 aliphatic carbocycles. The molecule has 31 heavy (non-hydrogen) atoms. The summed E-state index contributed by atoms with van der Waals surface area (Å²) < 4.78 is 10.9. The molecule has 0 saturated heterocycles. The number of fused-ring (bicyclic) bond motifs is 1. The highest BCUT2D eigenvalue weighted by Crippen LogP contribution is 2.37. The van der Waals surface area contributed by atoms with E-state index in [0.29, 0.717) is 23.0 Å². The van der Waals surface area contributed by atoms with Gasteiger partial charge in [-0.1, -0.05) is 25.1 Å². The van der Waals surface area contributed by atoms with Crippen LogP contribution in [0.5, 0.6) is 11.5 Å². The number of ether oxygens (including phenoxy) is 2. The van der Waals surface area contributed by atoms with Gasteiger partial charge in [0.05, 0.1) is 20.8 Å². The lowest BCUT2D eigenvalue weighted by molar-refractivity contribution is -0.126. The molecule has 0 aromatic heterocycles. The zero-order valence-electron chi connectivity index (χ0n) is 18.4. The molecule has 1 heterocycles. The highest BCUT2D eigenvalue weighted by molar-refractivity contribution is 6.04. The second-order valence-electron chi connectivity index (χ2n) is 8.57. The summed E-state index contributed by atoms with van der Waals surface area (Å²) in [7, 11) is 3.20. The van der Waals surface area contributed by atoms with Gasteiger partial charge in [0.2, 0.25) is 5.91 Å². The highest BCUT2D eigenvalue weighted by Gasteiger charge is 2.41. The number of carbonyl (C=O) groups excluding carboxylic acids is 2. The quantitative estimate of drug-likeness (QED) is 0.761. The van der Waals surface area contributed by atoms with E-state index in [1.54, 1.807) is 25.2 Å². The van der Waals surface area contributed by atoms with Gasteiger partial charge >= 0.3 is 0 Å². The molecule has 164 valence electrons. The Bertz CT molecular complexity index is 966. The van der Waals surface area contributed by atoms with Crippen LogP contribution in [0.25, 0.3) is 0 Å². The van der Waals surface area contributed by atoms with Crippen LogP contribution >= 0.6 is 0 Å². The molecule has 6 heteroatoms. The topological polar surface area (TPSA) is 67.9 Å². The monoisotopic (exact) mass is 422 g/mol. The summed E-state index contributed by atoms with van der Waals surface area (Å²) in [5, 5.41) is 3.22. The maximum absolute atomic E-state index is 13.4. The van der Waals surface area contributed by atoms with Crippen molar-refractivity contribution in [1.82, 2.24) is 10.2 Å². The van der Waals surface area contributed by atoms with Crippen LogP contribution in [-0.4, -0.2) is 37.0 Å². The van der Waals surface area contributed by atoms with Crippen molar-refractivity contribution >= 4 is 11.8 Å². The van der Waals surface area contributed by atoms with Gasteiger partial charge in [-0.25, -0.2) is 0 Å². The standard InChI is InChI=1S/C25H30N2O4/c1-16-8-10-18(11-9-16)26-24(28)23-20-6-4-5-7-21(20)25(29)27(23)15-17-14-19(30-2)12-13-22(17)31-3/h4-7,12-14,16,18,23H,8-11,15H2,1-3H3,(H,26,28)/t16?,18?,23-/m0/s1. The molecule has 1 atom stereocenters. The molecular formula is C25H30N2O4. The van der Waals surface area contributed by atoms with Crippen molar-refractivity contribution in [3.8, 4) is 11.5 Å². The fraction of sp³-hybridized carbons (Fsp3) is 0.440. The Hall–Kier alpha value is -3.02. The Morgan fingerprint density at radius 3 is 2.52 bits per heavy atom. The summed E-state index contributed by atoms with van der Waals surface area (Å²) in [6.07, 6.45) is 4.21. The largest absolute Gasteiger partial charge is 0.497 e. The van der Waals surface area contributed by atoms with Crippen molar-refractivity contribution in [2.75, 3.05) is 14.2 Å². The Labute approximate surface area is 183 Å². The van der Waals surface area contributed by atoms with Gasteiger partial charge in [-0.2, -0.15) is 0 Å². The van der Waals surface area contributed by atoms with E-state index in [0.717, 1.165) is 36.8 Å². The summed E-state index contributed by atoms with van der Waals surface area (Å²) in [5.41, 5.74) is 2.14. The molecule has 6 nitrogen and oxygen atoms in total. The van der Waals surface area contributed by atoms with Crippen LogP contribution in [0.2, 0.25) is 0 Å². The lowest BCUT2D eigenvalue weighted by atomic mass is 9.87. The van der Waals surface area contributed by atoms with Gasteiger partial charge in [-0.15, -0.1) is 0 Å². The minimum absolute atomic E-state index is 0.111. The van der Waals surface area contributed by atoms with E-state index >= 15 is 0 Å². The van der Waals surface area contributed by atoms with E-state index in [-0.39, 0.29) is 24.4 Å². The first-order chi connectivity index (χ1) is 15.0. The Kier molecular flexibility index (Phi) is 6.16. The van der Waals surface area contributed by atoms with E-state index in [1.165, 1.54) is 0 Å². The average Bonchev–Trinajstić information content (AvgIpc) is 3.07. The van der Waals surface area contributed by atoms with Gasteiger partial charge < -0.3 is 19.7 Å². The second kappa shape index (κ2) is 9.00. The van der Waals surface area contributed by atoms with Crippen LogP contribution in [0.4, 0.5) is 0 Å². The molecule has 0 spiro atoms. The summed E-state index contributed by atoms with van der Waals surface area (Å²) in [6, 6.07) is 12.4. The predicted molar refractivity (Wildman–Crippen MR) is 118 cm³/mol. The van der Waals surface area contributed by atoms with Crippen molar-refractivity contribution in [3.63, 3.8) is 0 Å². The number of rotatable bonds is 6. The van der Waals surface area contributed by atoms with Crippen molar-refractivity contribution < 1.29 is 19.1 Å². The molecule has 2 amide bonds. The molecule has 0 bridgehead atoms. The Morgan fingerprint density at radius 2 is 1.81 bits per heavy atom. The van der Waals surface area contributed by atoms with Crippen molar-refractivity contribution in [2.24, 2.45) is 5.92 Å². The van der Waals surface area contributed by atoms with Gasteiger partial charge in [-0.05, 0) is 61.4 Å². The van der Waals surface area contributed by atoms with Gasteiger partial charge in [0.25, 0.3) is 5.91 Å². The molecule has 1 N–H and O–H groups in total. The Morgan fingerprint density at radius 1 is 1.06 bits per heavy atom. The van der Waals surface area contributed by atoms with Crippen LogP contribution in [-0.2, 0) is 11.3 Å². The number of hydrogen-bond acceptors (Lipinski definition) is 4. The van der Waals surface area contributed by atoms with E-state index < -0.39 is 6.04 Å². The predicted octanol–water partition coefficient (Wildman–Crippen LogP) is 4.10. The number of benzene rings is 2. The van der Waals surface area contributed by atoms with Gasteiger partial charge in [0.15, 0.2) is 0 Å². The van der Waals surface area contributed by atoms with Crippen molar-refractivity contribution in [2.45, 2.75) is 51.2 Å². The molecule has 1 saturated carbocycles. The average molecular weight is 423 g/mol. The smallest absolute Gasteiger partial charge is 0.255 e. The van der Waals surface area contributed by atoms with Crippen LogP contribution in [0.3, 0.4) is 0 Å². The molecule has 1 aliphatic heterocycles. The molecule has 0 unspecified atom stereocenters. The zero-order chi connectivity index (χ0) is 22.0. The fourth-order valence-corrected chi connectivity index (χ4v) is 4.69. The lowest BCUT2D eigenvalue weighted by Gasteiger charge is -2.30. The number of amides is 2. The lowest BCUT2D eigenvalue weighted by Crippen LogP contribution is -2.44. The van der Waals surface area contributed by atoms with Crippen LogP contribution in [0.1, 0.15) is 60.1 Å². The third-order valence-corrected chi connectivity index (χ3v) is 6.50. The van der Waals surface area contributed by atoms with Crippen LogP contribution in [0.15, 0.2) is 42.5 Å². The number of nitrogens with zero attached hydrogens (tertiary/aromatic N) is 1. The highest BCUT2D eigenvalue weighted by atomic mass is 16.5. The molecule has 4 rings (SSSR count). The third kappa shape index (κ3) is 4.24. The minimum Gasteiger partial charge on any atom is -0.497 e. The summed E-state index contributed by atoms with van der Waals surface area (Å²) in [4.78, 5) is 28.3. The number of hydrogen-bond donors (Lipinski definition) is 1. The minimum atomic E-state index is -0.654. The molecule has 0 radical (unpaired) electrons. The van der Waals surface area contributed by atoms with E-state index in [9.17, 15) is 9.59 Å². The first-order valence-corrected chi connectivity index (χ1v) is 10.9. The molecule has 1 fully saturated rings. The van der Waals surface area contributed by atoms with Crippen molar-refractivity contribution in [3.05, 3.63) is 59.2 Å². The number of carbonyl (C=O) groups is 2. The van der Waals surface area contributed by atoms with Crippen molar-refractivity contribution in [1.29, 1.82) is 0 Å².